The predicted molar refractivity (Wildman–Crippen MR) is 56.8 cm³/mol. The molecule has 0 radical (unpaired) electrons. The average Bonchev–Trinajstić information content (AvgIpc) is 2.16. The molecule has 0 aliphatic rings. The van der Waals surface area contributed by atoms with Gasteiger partial charge in [-0.1, -0.05) is 0 Å². The Kier molecular flexibility index (Phi) is 3.91. The monoisotopic (exact) mass is 328 g/mol. The molecule has 0 aliphatic heterocycles. The topological polar surface area (TPSA) is 76.2 Å². The lowest BCUT2D eigenvalue weighted by atomic mass is 10.1. The van der Waals surface area contributed by atoms with Crippen molar-refractivity contribution in [2.24, 2.45) is 5.73 Å². The summed E-state index contributed by atoms with van der Waals surface area (Å²) in [5.41, 5.74) is 4.34. The summed E-state index contributed by atoms with van der Waals surface area (Å²) in [5.74, 6) is -1.43. The van der Waals surface area contributed by atoms with E-state index in [4.69, 9.17) is 10.8 Å². The average molecular weight is 328 g/mol. The molecule has 0 fully saturated rings. The number of carboxylic acids is 1. The lowest BCUT2D eigenvalue weighted by Gasteiger charge is -2.11. The number of nitrogens with two attached hydrogens (primary N) is 1. The van der Waals surface area contributed by atoms with Crippen molar-refractivity contribution in [3.05, 3.63) is 26.6 Å². The Morgan fingerprint density at radius 2 is 2.27 bits per heavy atom. The number of carbonyl (C=O) groups is 1. The van der Waals surface area contributed by atoms with Crippen molar-refractivity contribution in [2.45, 2.75) is 13.0 Å². The summed E-state index contributed by atoms with van der Waals surface area (Å²) in [6, 6.07) is 0. The van der Waals surface area contributed by atoms with E-state index in [2.05, 4.69) is 4.98 Å². The first-order valence-electron chi connectivity index (χ1n) is 3.87. The summed E-state index contributed by atoms with van der Waals surface area (Å²) in [6.07, 6.45) is -1.95. The van der Waals surface area contributed by atoms with Gasteiger partial charge in [0.1, 0.15) is 3.70 Å². The van der Waals surface area contributed by atoms with Gasteiger partial charge in [0.15, 0.2) is 0 Å². The second-order valence-corrected chi connectivity index (χ2v) is 3.69. The van der Waals surface area contributed by atoms with Crippen LogP contribution in [0.5, 0.6) is 0 Å². The minimum Gasteiger partial charge on any atom is -0.478 e. The van der Waals surface area contributed by atoms with Gasteiger partial charge < -0.3 is 10.8 Å². The maximum Gasteiger partial charge on any atom is 0.337 e. The third-order valence-electron chi connectivity index (χ3n) is 1.82. The van der Waals surface area contributed by atoms with Gasteiger partial charge in [-0.15, -0.1) is 0 Å². The zero-order valence-corrected chi connectivity index (χ0v) is 9.53. The molecule has 82 valence electrons. The van der Waals surface area contributed by atoms with E-state index in [1.165, 1.54) is 0 Å². The molecular weight excluding hydrogens is 321 g/mol. The van der Waals surface area contributed by atoms with Crippen molar-refractivity contribution in [2.75, 3.05) is 0 Å². The SMILES string of the molecule is NCc1c(I)ncc(C(=O)O)c1C(F)F. The molecule has 7 heteroatoms. The van der Waals surface area contributed by atoms with Crippen LogP contribution < -0.4 is 5.73 Å². The summed E-state index contributed by atoms with van der Waals surface area (Å²) in [6.45, 7) is -0.161. The Morgan fingerprint density at radius 3 is 2.67 bits per heavy atom. The maximum absolute atomic E-state index is 12.7. The van der Waals surface area contributed by atoms with E-state index < -0.39 is 23.5 Å². The first kappa shape index (κ1) is 12.2. The van der Waals surface area contributed by atoms with Gasteiger partial charge >= 0.3 is 5.97 Å². The number of alkyl halides is 2. The van der Waals surface area contributed by atoms with Gasteiger partial charge in [-0.3, -0.25) is 0 Å². The fourth-order valence-electron chi connectivity index (χ4n) is 1.16. The van der Waals surface area contributed by atoms with E-state index in [0.717, 1.165) is 6.20 Å². The lowest BCUT2D eigenvalue weighted by Crippen LogP contribution is -2.12. The number of rotatable bonds is 3. The molecule has 1 heterocycles. The highest BCUT2D eigenvalue weighted by Gasteiger charge is 2.23. The molecule has 1 aromatic heterocycles. The molecule has 3 N–H and O–H groups in total. The molecule has 4 nitrogen and oxygen atoms in total. The fraction of sp³-hybridized carbons (Fsp3) is 0.250. The number of nitrogens with zero attached hydrogens (tertiary/aromatic N) is 1. The van der Waals surface area contributed by atoms with Crippen LogP contribution in [-0.2, 0) is 6.54 Å². The Labute approximate surface area is 97.6 Å². The van der Waals surface area contributed by atoms with Crippen LogP contribution in [0.2, 0.25) is 0 Å². The van der Waals surface area contributed by atoms with E-state index in [-0.39, 0.29) is 12.1 Å². The molecule has 0 amide bonds. The third kappa shape index (κ3) is 2.40. The van der Waals surface area contributed by atoms with Crippen LogP contribution in [0.3, 0.4) is 0 Å². The molecule has 0 spiro atoms. The van der Waals surface area contributed by atoms with Gasteiger partial charge in [0.2, 0.25) is 0 Å². The Hall–Kier alpha value is -0.830. The lowest BCUT2D eigenvalue weighted by molar-refractivity contribution is 0.0683. The highest BCUT2D eigenvalue weighted by atomic mass is 127. The van der Waals surface area contributed by atoms with Crippen molar-refractivity contribution in [3.63, 3.8) is 0 Å². The van der Waals surface area contributed by atoms with E-state index in [0.29, 0.717) is 3.70 Å². The standard InChI is InChI=1S/C8H7F2IN2O2/c9-6(10)5-3(1-12)7(11)13-2-4(5)8(14)15/h2,6H,1,12H2,(H,14,15). The van der Waals surface area contributed by atoms with Crippen molar-refractivity contribution in [1.82, 2.24) is 4.98 Å². The van der Waals surface area contributed by atoms with E-state index in [1.54, 1.807) is 22.6 Å². The van der Waals surface area contributed by atoms with Crippen molar-refractivity contribution < 1.29 is 18.7 Å². The Morgan fingerprint density at radius 1 is 1.67 bits per heavy atom. The van der Waals surface area contributed by atoms with Crippen molar-refractivity contribution in [1.29, 1.82) is 0 Å². The third-order valence-corrected chi connectivity index (χ3v) is 2.75. The quantitative estimate of drug-likeness (QED) is 0.655. The number of halogens is 3. The molecule has 0 saturated carbocycles. The zero-order valence-electron chi connectivity index (χ0n) is 7.38. The van der Waals surface area contributed by atoms with Gasteiger partial charge in [0.05, 0.1) is 5.56 Å². The second kappa shape index (κ2) is 4.79. The molecule has 0 atom stereocenters. The zero-order chi connectivity index (χ0) is 11.6. The van der Waals surface area contributed by atoms with E-state index in [1.807, 2.05) is 0 Å². The summed E-state index contributed by atoms with van der Waals surface area (Å²) in [4.78, 5) is 14.4. The first-order valence-corrected chi connectivity index (χ1v) is 4.95. The molecule has 1 rings (SSSR count). The summed E-state index contributed by atoms with van der Waals surface area (Å²) in [7, 11) is 0. The number of carboxylic acid groups (broad SMARTS) is 1. The second-order valence-electron chi connectivity index (χ2n) is 2.66. The van der Waals surface area contributed by atoms with Crippen LogP contribution >= 0.6 is 22.6 Å². The number of aromatic nitrogens is 1. The Balaban J connectivity index is 3.49. The van der Waals surface area contributed by atoms with Crippen molar-refractivity contribution >= 4 is 28.6 Å². The van der Waals surface area contributed by atoms with Crippen LogP contribution in [0.1, 0.15) is 27.9 Å². The first-order chi connectivity index (χ1) is 6.99. The van der Waals surface area contributed by atoms with Crippen LogP contribution in [0, 0.1) is 3.70 Å². The molecule has 15 heavy (non-hydrogen) atoms. The van der Waals surface area contributed by atoms with Gasteiger partial charge in [0.25, 0.3) is 6.43 Å². The molecule has 0 unspecified atom stereocenters. The summed E-state index contributed by atoms with van der Waals surface area (Å²) >= 11 is 1.74. The predicted octanol–water partition coefficient (Wildman–Crippen LogP) is 1.78. The molecule has 0 aromatic carbocycles. The van der Waals surface area contributed by atoms with E-state index in [9.17, 15) is 13.6 Å². The molecular formula is C8H7F2IN2O2. The van der Waals surface area contributed by atoms with Gasteiger partial charge in [-0.2, -0.15) is 0 Å². The minimum absolute atomic E-state index is 0.0884. The minimum atomic E-state index is -2.87. The largest absolute Gasteiger partial charge is 0.478 e. The van der Waals surface area contributed by atoms with Crippen LogP contribution in [-0.4, -0.2) is 16.1 Å². The van der Waals surface area contributed by atoms with Gasteiger partial charge in [0, 0.05) is 23.9 Å². The van der Waals surface area contributed by atoms with Crippen LogP contribution in [0.4, 0.5) is 8.78 Å². The molecule has 0 saturated heterocycles. The number of hydrogen-bond donors (Lipinski definition) is 2. The van der Waals surface area contributed by atoms with Gasteiger partial charge in [-0.25, -0.2) is 18.6 Å². The smallest absolute Gasteiger partial charge is 0.337 e. The highest BCUT2D eigenvalue weighted by molar-refractivity contribution is 14.1. The summed E-state index contributed by atoms with van der Waals surface area (Å²) < 4.78 is 25.6. The Bertz CT molecular complexity index is 398. The number of aromatic carboxylic acids is 1. The molecule has 0 bridgehead atoms. The van der Waals surface area contributed by atoms with Crippen LogP contribution in [0.25, 0.3) is 0 Å². The highest BCUT2D eigenvalue weighted by Crippen LogP contribution is 2.28. The fourth-order valence-corrected chi connectivity index (χ4v) is 1.81. The number of hydrogen-bond acceptors (Lipinski definition) is 3. The normalized spacial score (nSPS) is 10.7. The molecule has 1 aromatic rings. The van der Waals surface area contributed by atoms with Crippen LogP contribution in [0.15, 0.2) is 6.20 Å². The van der Waals surface area contributed by atoms with E-state index >= 15 is 0 Å². The maximum atomic E-state index is 12.7. The summed E-state index contributed by atoms with van der Waals surface area (Å²) in [5, 5.41) is 8.71. The van der Waals surface area contributed by atoms with Crippen molar-refractivity contribution in [3.8, 4) is 0 Å². The molecule has 0 aliphatic carbocycles. The number of pyridine rings is 1. The van der Waals surface area contributed by atoms with Gasteiger partial charge in [-0.05, 0) is 22.6 Å².